The lowest BCUT2D eigenvalue weighted by Gasteiger charge is -2.06. The molecule has 0 unspecified atom stereocenters. The van der Waals surface area contributed by atoms with Crippen LogP contribution >= 0.6 is 0 Å². The molecule has 0 radical (unpaired) electrons. The summed E-state index contributed by atoms with van der Waals surface area (Å²) < 4.78 is 5.22. The van der Waals surface area contributed by atoms with Crippen LogP contribution in [-0.2, 0) is 9.53 Å². The fraction of sp³-hybridized carbons (Fsp3) is 0.857. The standard InChI is InChI=1S/C21H40O2/c1-4-6-7-8-9-10-11-12-13-14-15-16-17-19-23-21(22)20(3)18-5-2/h3-19H2,1-2H3. The van der Waals surface area contributed by atoms with E-state index in [1.165, 1.54) is 77.0 Å². The van der Waals surface area contributed by atoms with Crippen LogP contribution < -0.4 is 0 Å². The minimum Gasteiger partial charge on any atom is -0.462 e. The van der Waals surface area contributed by atoms with Crippen LogP contribution in [0.1, 0.15) is 110 Å². The third-order valence-electron chi connectivity index (χ3n) is 4.32. The highest BCUT2D eigenvalue weighted by Crippen LogP contribution is 2.12. The fourth-order valence-electron chi connectivity index (χ4n) is 2.79. The number of carbonyl (C=O) groups excluding carboxylic acids is 1. The first-order valence-corrected chi connectivity index (χ1v) is 10.1. The molecule has 0 saturated heterocycles. The summed E-state index contributed by atoms with van der Waals surface area (Å²) in [7, 11) is 0. The van der Waals surface area contributed by atoms with E-state index in [2.05, 4.69) is 13.5 Å². The Hall–Kier alpha value is -0.790. The van der Waals surface area contributed by atoms with Crippen molar-refractivity contribution < 1.29 is 9.53 Å². The first-order chi connectivity index (χ1) is 11.2. The van der Waals surface area contributed by atoms with Crippen molar-refractivity contribution in [3.05, 3.63) is 12.2 Å². The van der Waals surface area contributed by atoms with Crippen LogP contribution in [0.3, 0.4) is 0 Å². The Morgan fingerprint density at radius 3 is 1.57 bits per heavy atom. The molecule has 0 N–H and O–H groups in total. The topological polar surface area (TPSA) is 26.3 Å². The van der Waals surface area contributed by atoms with Gasteiger partial charge in [-0.3, -0.25) is 0 Å². The normalized spacial score (nSPS) is 10.7. The second-order valence-electron chi connectivity index (χ2n) is 6.73. The molecule has 0 atom stereocenters. The lowest BCUT2D eigenvalue weighted by atomic mass is 10.0. The predicted molar refractivity (Wildman–Crippen MR) is 101 cm³/mol. The zero-order chi connectivity index (χ0) is 17.2. The largest absolute Gasteiger partial charge is 0.462 e. The van der Waals surface area contributed by atoms with E-state index in [0.29, 0.717) is 12.2 Å². The molecule has 0 aromatic rings. The molecule has 0 aromatic carbocycles. The Labute approximate surface area is 145 Å². The summed E-state index contributed by atoms with van der Waals surface area (Å²) >= 11 is 0. The smallest absolute Gasteiger partial charge is 0.333 e. The first kappa shape index (κ1) is 22.2. The molecule has 0 amide bonds. The number of hydrogen-bond acceptors (Lipinski definition) is 2. The minimum atomic E-state index is -0.203. The summed E-state index contributed by atoms with van der Waals surface area (Å²) in [4.78, 5) is 11.5. The fourth-order valence-corrected chi connectivity index (χ4v) is 2.79. The molecule has 0 rings (SSSR count). The van der Waals surface area contributed by atoms with Gasteiger partial charge in [0, 0.05) is 5.57 Å². The van der Waals surface area contributed by atoms with Crippen LogP contribution in [0, 0.1) is 0 Å². The Bertz CT molecular complexity index is 284. The zero-order valence-corrected chi connectivity index (χ0v) is 15.8. The molecule has 0 heterocycles. The molecule has 23 heavy (non-hydrogen) atoms. The van der Waals surface area contributed by atoms with Crippen molar-refractivity contribution in [2.24, 2.45) is 0 Å². The first-order valence-electron chi connectivity index (χ1n) is 10.1. The molecule has 0 aliphatic rings. The van der Waals surface area contributed by atoms with Crippen molar-refractivity contribution in [1.82, 2.24) is 0 Å². The maximum absolute atomic E-state index is 11.5. The highest BCUT2D eigenvalue weighted by molar-refractivity contribution is 5.87. The van der Waals surface area contributed by atoms with E-state index in [-0.39, 0.29) is 5.97 Å². The monoisotopic (exact) mass is 324 g/mol. The van der Waals surface area contributed by atoms with Gasteiger partial charge in [0.1, 0.15) is 0 Å². The Kier molecular flexibility index (Phi) is 17.0. The van der Waals surface area contributed by atoms with E-state index in [1.807, 2.05) is 6.92 Å². The van der Waals surface area contributed by atoms with Gasteiger partial charge in [-0.1, -0.05) is 104 Å². The van der Waals surface area contributed by atoms with E-state index in [1.54, 1.807) is 0 Å². The molecule has 0 aliphatic heterocycles. The Morgan fingerprint density at radius 1 is 0.696 bits per heavy atom. The van der Waals surface area contributed by atoms with Crippen molar-refractivity contribution in [2.45, 2.75) is 110 Å². The van der Waals surface area contributed by atoms with Crippen molar-refractivity contribution in [2.75, 3.05) is 6.61 Å². The van der Waals surface area contributed by atoms with Gasteiger partial charge in [-0.05, 0) is 12.8 Å². The quantitative estimate of drug-likeness (QED) is 0.164. The van der Waals surface area contributed by atoms with Gasteiger partial charge in [0.15, 0.2) is 0 Å². The van der Waals surface area contributed by atoms with Crippen molar-refractivity contribution in [1.29, 1.82) is 0 Å². The molecule has 0 fully saturated rings. The number of unbranched alkanes of at least 4 members (excludes halogenated alkanes) is 12. The van der Waals surface area contributed by atoms with Gasteiger partial charge in [-0.25, -0.2) is 4.79 Å². The molecule has 136 valence electrons. The van der Waals surface area contributed by atoms with E-state index in [0.717, 1.165) is 19.3 Å². The van der Waals surface area contributed by atoms with Gasteiger partial charge in [0.2, 0.25) is 0 Å². The minimum absolute atomic E-state index is 0.203. The third kappa shape index (κ3) is 15.9. The highest BCUT2D eigenvalue weighted by Gasteiger charge is 2.06. The van der Waals surface area contributed by atoms with Crippen LogP contribution in [-0.4, -0.2) is 12.6 Å². The van der Waals surface area contributed by atoms with Crippen LogP contribution in [0.5, 0.6) is 0 Å². The second kappa shape index (κ2) is 17.6. The molecular formula is C21H40O2. The predicted octanol–water partition coefficient (Wildman–Crippen LogP) is 6.98. The van der Waals surface area contributed by atoms with E-state index >= 15 is 0 Å². The molecule has 0 aromatic heterocycles. The molecule has 0 saturated carbocycles. The zero-order valence-electron chi connectivity index (χ0n) is 15.8. The average molecular weight is 325 g/mol. The van der Waals surface area contributed by atoms with Crippen LogP contribution in [0.4, 0.5) is 0 Å². The number of hydrogen-bond donors (Lipinski definition) is 0. The van der Waals surface area contributed by atoms with Gasteiger partial charge in [-0.15, -0.1) is 0 Å². The molecule has 2 heteroatoms. The van der Waals surface area contributed by atoms with Gasteiger partial charge < -0.3 is 4.74 Å². The summed E-state index contributed by atoms with van der Waals surface area (Å²) in [6, 6.07) is 0. The van der Waals surface area contributed by atoms with Gasteiger partial charge in [-0.2, -0.15) is 0 Å². The van der Waals surface area contributed by atoms with Crippen molar-refractivity contribution in [3.63, 3.8) is 0 Å². The average Bonchev–Trinajstić information content (AvgIpc) is 2.55. The molecular weight excluding hydrogens is 284 g/mol. The van der Waals surface area contributed by atoms with Crippen LogP contribution in [0.2, 0.25) is 0 Å². The lowest BCUT2D eigenvalue weighted by Crippen LogP contribution is -2.08. The number of esters is 1. The summed E-state index contributed by atoms with van der Waals surface area (Å²) in [5.74, 6) is -0.203. The Balaban J connectivity index is 3.16. The lowest BCUT2D eigenvalue weighted by molar-refractivity contribution is -0.139. The highest BCUT2D eigenvalue weighted by atomic mass is 16.5. The van der Waals surface area contributed by atoms with E-state index in [9.17, 15) is 4.79 Å². The van der Waals surface area contributed by atoms with Crippen LogP contribution in [0.15, 0.2) is 12.2 Å². The Morgan fingerprint density at radius 2 is 1.13 bits per heavy atom. The molecule has 0 spiro atoms. The molecule has 0 aliphatic carbocycles. The number of carbonyl (C=O) groups is 1. The maximum Gasteiger partial charge on any atom is 0.333 e. The van der Waals surface area contributed by atoms with Crippen molar-refractivity contribution in [3.8, 4) is 0 Å². The summed E-state index contributed by atoms with van der Waals surface area (Å²) in [6.45, 7) is 8.63. The van der Waals surface area contributed by atoms with Crippen molar-refractivity contribution >= 4 is 5.97 Å². The third-order valence-corrected chi connectivity index (χ3v) is 4.32. The van der Waals surface area contributed by atoms with Crippen LogP contribution in [0.25, 0.3) is 0 Å². The summed E-state index contributed by atoms with van der Waals surface area (Å²) in [6.07, 6.45) is 19.0. The summed E-state index contributed by atoms with van der Waals surface area (Å²) in [5, 5.41) is 0. The molecule has 2 nitrogen and oxygen atoms in total. The van der Waals surface area contributed by atoms with Gasteiger partial charge in [0.25, 0.3) is 0 Å². The summed E-state index contributed by atoms with van der Waals surface area (Å²) in [5.41, 5.74) is 0.613. The van der Waals surface area contributed by atoms with Gasteiger partial charge >= 0.3 is 5.97 Å². The molecule has 0 bridgehead atoms. The maximum atomic E-state index is 11.5. The number of rotatable bonds is 17. The SMILES string of the molecule is C=C(CCC)C(=O)OCCCCCCCCCCCCCCC. The number of ether oxygens (including phenoxy) is 1. The van der Waals surface area contributed by atoms with E-state index in [4.69, 9.17) is 4.74 Å². The van der Waals surface area contributed by atoms with Gasteiger partial charge in [0.05, 0.1) is 6.61 Å². The second-order valence-corrected chi connectivity index (χ2v) is 6.73. The van der Waals surface area contributed by atoms with E-state index < -0.39 is 0 Å².